The van der Waals surface area contributed by atoms with Gasteiger partial charge < -0.3 is 25.3 Å². The minimum atomic E-state index is -0.428. The number of aromatic nitrogens is 1. The van der Waals surface area contributed by atoms with Crippen LogP contribution in [0.5, 0.6) is 0 Å². The van der Waals surface area contributed by atoms with Gasteiger partial charge in [-0.1, -0.05) is 18.2 Å². The molecule has 3 aromatic rings. The second kappa shape index (κ2) is 12.7. The molecule has 9 nitrogen and oxygen atoms in total. The third-order valence-electron chi connectivity index (χ3n) is 8.65. The number of rotatable bonds is 9. The van der Waals surface area contributed by atoms with Crippen LogP contribution in [0.4, 0.5) is 15.8 Å². The zero-order valence-corrected chi connectivity index (χ0v) is 25.0. The van der Waals surface area contributed by atoms with Crippen LogP contribution in [0.25, 0.3) is 0 Å². The van der Waals surface area contributed by atoms with Gasteiger partial charge in [0.2, 0.25) is 5.91 Å². The van der Waals surface area contributed by atoms with E-state index in [1.807, 2.05) is 50.6 Å². The number of piperidine rings is 1. The van der Waals surface area contributed by atoms with Gasteiger partial charge in [-0.05, 0) is 62.8 Å². The van der Waals surface area contributed by atoms with Gasteiger partial charge >= 0.3 is 0 Å². The smallest absolute Gasteiger partial charge is 0.255 e. The summed E-state index contributed by atoms with van der Waals surface area (Å²) < 4.78 is 15.2. The molecule has 0 spiro atoms. The molecule has 0 aliphatic carbocycles. The highest BCUT2D eigenvalue weighted by molar-refractivity contribution is 6.02. The lowest BCUT2D eigenvalue weighted by Crippen LogP contribution is -2.50. The number of pyridine rings is 1. The Hall–Kier alpha value is -4.02. The Kier molecular flexibility index (Phi) is 8.58. The Bertz CT molecular complexity index is 1470. The third-order valence-corrected chi connectivity index (χ3v) is 8.65. The van der Waals surface area contributed by atoms with Crippen molar-refractivity contribution in [2.24, 2.45) is 0 Å². The predicted octanol–water partition coefficient (Wildman–Crippen LogP) is 3.45. The molecule has 2 N–H and O–H groups in total. The topological polar surface area (TPSA) is 84.0 Å². The fourth-order valence-corrected chi connectivity index (χ4v) is 6.28. The normalized spacial score (nSPS) is 19.1. The molecule has 0 saturated carbocycles. The highest BCUT2D eigenvalue weighted by atomic mass is 19.1. The Labute approximate surface area is 252 Å². The molecular weight excluding hydrogens is 545 g/mol. The van der Waals surface area contributed by atoms with E-state index in [9.17, 15) is 9.59 Å². The molecule has 1 atom stereocenters. The van der Waals surface area contributed by atoms with E-state index in [2.05, 4.69) is 42.5 Å². The summed E-state index contributed by atoms with van der Waals surface area (Å²) in [5.41, 5.74) is 6.08. The molecule has 1 aromatic heterocycles. The van der Waals surface area contributed by atoms with Crippen LogP contribution in [0, 0.1) is 5.82 Å². The third kappa shape index (κ3) is 6.50. The Morgan fingerprint density at radius 2 is 1.91 bits per heavy atom. The summed E-state index contributed by atoms with van der Waals surface area (Å²) >= 11 is 0. The van der Waals surface area contributed by atoms with Crippen LogP contribution in [0.3, 0.4) is 0 Å². The first kappa shape index (κ1) is 29.1. The molecule has 2 aromatic carbocycles. The van der Waals surface area contributed by atoms with E-state index in [1.165, 1.54) is 0 Å². The van der Waals surface area contributed by atoms with Crippen molar-refractivity contribution in [2.45, 2.75) is 45.1 Å². The quantitative estimate of drug-likeness (QED) is 0.398. The largest absolute Gasteiger partial charge is 0.381 e. The number of carbonyl (C=O) groups excluding carboxylic acids is 2. The Balaban J connectivity index is 1.02. The van der Waals surface area contributed by atoms with E-state index in [0.29, 0.717) is 43.7 Å². The average molecular weight is 586 g/mol. The van der Waals surface area contributed by atoms with E-state index in [0.717, 1.165) is 67.3 Å². The van der Waals surface area contributed by atoms with Gasteiger partial charge in [-0.3, -0.25) is 19.5 Å². The Morgan fingerprint density at radius 1 is 1.07 bits per heavy atom. The van der Waals surface area contributed by atoms with Crippen molar-refractivity contribution >= 4 is 23.2 Å². The standard InChI is InChI=1S/C33H40FN7O2/c1-38(2)21-25-10-11-26(19-36-25)40-15-13-39(14-16-40)20-24-9-8-23(17-29(24)34)18-37-30-6-3-5-27-28(30)22-41(33(27)43)31-7-4-12-35-32(31)42/h3,5-6,8-11,17,19,31,37H,4,7,12-16,18,20-22H2,1-2H3,(H,35,42). The average Bonchev–Trinajstić information content (AvgIpc) is 3.34. The number of amides is 2. The van der Waals surface area contributed by atoms with Gasteiger partial charge in [-0.2, -0.15) is 0 Å². The molecule has 0 radical (unpaired) electrons. The zero-order valence-electron chi connectivity index (χ0n) is 25.0. The van der Waals surface area contributed by atoms with Gasteiger partial charge in [-0.25, -0.2) is 4.39 Å². The SMILES string of the molecule is CN(C)Cc1ccc(N2CCN(Cc3ccc(CNc4cccc5c4CN(C4CCCNC4=O)C5=O)cc3F)CC2)cn1. The molecule has 43 heavy (non-hydrogen) atoms. The number of carbonyl (C=O) groups is 2. The Morgan fingerprint density at radius 3 is 2.63 bits per heavy atom. The molecule has 2 saturated heterocycles. The van der Waals surface area contributed by atoms with Crippen molar-refractivity contribution in [1.29, 1.82) is 0 Å². The number of nitrogens with zero attached hydrogens (tertiary/aromatic N) is 5. The van der Waals surface area contributed by atoms with Crippen molar-refractivity contribution in [3.63, 3.8) is 0 Å². The van der Waals surface area contributed by atoms with Gasteiger partial charge in [0.1, 0.15) is 11.9 Å². The molecule has 2 fully saturated rings. The summed E-state index contributed by atoms with van der Waals surface area (Å²) in [6.45, 7) is 6.37. The van der Waals surface area contributed by atoms with E-state index in [4.69, 9.17) is 0 Å². The van der Waals surface area contributed by atoms with E-state index >= 15 is 4.39 Å². The van der Waals surface area contributed by atoms with Crippen molar-refractivity contribution in [3.05, 3.63) is 88.5 Å². The summed E-state index contributed by atoms with van der Waals surface area (Å²) in [7, 11) is 4.08. The highest BCUT2D eigenvalue weighted by Gasteiger charge is 2.38. The van der Waals surface area contributed by atoms with Crippen LogP contribution >= 0.6 is 0 Å². The number of anilines is 2. The van der Waals surface area contributed by atoms with Crippen molar-refractivity contribution in [1.82, 2.24) is 25.0 Å². The van der Waals surface area contributed by atoms with Gasteiger partial charge in [0.05, 0.1) is 17.6 Å². The zero-order chi connectivity index (χ0) is 29.9. The first-order valence-electron chi connectivity index (χ1n) is 15.1. The molecule has 3 aliphatic heterocycles. The summed E-state index contributed by atoms with van der Waals surface area (Å²) in [5.74, 6) is -0.390. The van der Waals surface area contributed by atoms with E-state index in [-0.39, 0.29) is 17.6 Å². The van der Waals surface area contributed by atoms with Crippen LogP contribution in [-0.4, -0.2) is 84.4 Å². The molecule has 1 unspecified atom stereocenters. The number of nitrogens with one attached hydrogen (secondary N) is 2. The second-order valence-corrected chi connectivity index (χ2v) is 12.0. The van der Waals surface area contributed by atoms with Gasteiger partial charge in [-0.15, -0.1) is 0 Å². The van der Waals surface area contributed by atoms with Crippen LogP contribution in [0.2, 0.25) is 0 Å². The summed E-state index contributed by atoms with van der Waals surface area (Å²) in [5, 5.41) is 6.28. The molecule has 2 amide bonds. The van der Waals surface area contributed by atoms with Crippen LogP contribution in [0.1, 0.15) is 45.6 Å². The number of hydrogen-bond acceptors (Lipinski definition) is 7. The summed E-state index contributed by atoms with van der Waals surface area (Å²) in [6, 6.07) is 14.9. The number of benzene rings is 2. The molecule has 226 valence electrons. The summed E-state index contributed by atoms with van der Waals surface area (Å²) in [6.07, 6.45) is 3.49. The van der Waals surface area contributed by atoms with Crippen LogP contribution < -0.4 is 15.5 Å². The maximum absolute atomic E-state index is 15.2. The molecular formula is C33H40FN7O2. The lowest BCUT2D eigenvalue weighted by Gasteiger charge is -2.36. The van der Waals surface area contributed by atoms with Gasteiger partial charge in [0, 0.05) is 81.3 Å². The van der Waals surface area contributed by atoms with E-state index < -0.39 is 6.04 Å². The van der Waals surface area contributed by atoms with Crippen molar-refractivity contribution < 1.29 is 14.0 Å². The molecule has 4 heterocycles. The number of halogens is 1. The van der Waals surface area contributed by atoms with Crippen molar-refractivity contribution in [3.8, 4) is 0 Å². The number of hydrogen-bond donors (Lipinski definition) is 2. The lowest BCUT2D eigenvalue weighted by atomic mass is 10.1. The maximum atomic E-state index is 15.2. The van der Waals surface area contributed by atoms with E-state index in [1.54, 1.807) is 11.0 Å². The lowest BCUT2D eigenvalue weighted by molar-refractivity contribution is -0.127. The number of fused-ring (bicyclic) bond motifs is 1. The second-order valence-electron chi connectivity index (χ2n) is 12.0. The minimum absolute atomic E-state index is 0.0814. The fourth-order valence-electron chi connectivity index (χ4n) is 6.28. The highest BCUT2D eigenvalue weighted by Crippen LogP contribution is 2.32. The fraction of sp³-hybridized carbons (Fsp3) is 0.424. The van der Waals surface area contributed by atoms with Crippen LogP contribution in [-0.2, 0) is 31.0 Å². The summed E-state index contributed by atoms with van der Waals surface area (Å²) in [4.78, 5) is 38.5. The monoisotopic (exact) mass is 585 g/mol. The molecule has 6 rings (SSSR count). The molecule has 0 bridgehead atoms. The van der Waals surface area contributed by atoms with Crippen molar-refractivity contribution in [2.75, 3.05) is 57.0 Å². The maximum Gasteiger partial charge on any atom is 0.255 e. The minimum Gasteiger partial charge on any atom is -0.381 e. The predicted molar refractivity (Wildman–Crippen MR) is 165 cm³/mol. The first-order chi connectivity index (χ1) is 20.9. The first-order valence-corrected chi connectivity index (χ1v) is 15.1. The molecule has 10 heteroatoms. The molecule has 3 aliphatic rings. The van der Waals surface area contributed by atoms with Gasteiger partial charge in [0.25, 0.3) is 5.91 Å². The van der Waals surface area contributed by atoms with Gasteiger partial charge in [0.15, 0.2) is 0 Å². The van der Waals surface area contributed by atoms with Crippen LogP contribution in [0.15, 0.2) is 54.7 Å². The number of piperazine rings is 1.